The molecule has 0 fully saturated rings. The molecule has 4 aromatic rings. The summed E-state index contributed by atoms with van der Waals surface area (Å²) in [6.45, 7) is 28.2. The molecule has 0 aromatic heterocycles. The van der Waals surface area contributed by atoms with Gasteiger partial charge in [-0.3, -0.25) is 9.80 Å². The van der Waals surface area contributed by atoms with Gasteiger partial charge in [-0.15, -0.1) is 0 Å². The molecule has 0 saturated heterocycles. The Morgan fingerprint density at radius 3 is 1.19 bits per heavy atom. The third-order valence-corrected chi connectivity index (χ3v) is 11.9. The lowest BCUT2D eigenvalue weighted by molar-refractivity contribution is -0.172. The predicted octanol–water partition coefficient (Wildman–Crippen LogP) is 13.6. The van der Waals surface area contributed by atoms with Crippen molar-refractivity contribution in [1.82, 2.24) is 9.80 Å². The molecule has 81 heavy (non-hydrogen) atoms. The van der Waals surface area contributed by atoms with Crippen molar-refractivity contribution in [3.8, 4) is 0 Å². The van der Waals surface area contributed by atoms with Gasteiger partial charge in [0.05, 0.1) is 0 Å². The minimum Gasteiger partial charge on any atom is -0.480 e. The molecule has 2 amide bonds. The van der Waals surface area contributed by atoms with Gasteiger partial charge in [-0.05, 0) is 113 Å². The number of ether oxygens (including phenoxy) is 5. The number of rotatable bonds is 19. The number of esters is 3. The quantitative estimate of drug-likeness (QED) is 0.0665. The van der Waals surface area contributed by atoms with Crippen molar-refractivity contribution in [1.29, 1.82) is 0 Å². The van der Waals surface area contributed by atoms with Gasteiger partial charge in [0.25, 0.3) is 0 Å². The number of carbonyl (C=O) groups is 6. The number of hydrogen-bond acceptors (Lipinski definition) is 12. The van der Waals surface area contributed by atoms with Crippen molar-refractivity contribution in [2.45, 2.75) is 207 Å². The number of carbonyl (C=O) groups excluding carboxylic acids is 5. The first-order valence-electron chi connectivity index (χ1n) is 31.1. The molecule has 0 radical (unpaired) electrons. The zero-order valence-corrected chi connectivity index (χ0v) is 51.0. The second-order valence-electron chi connectivity index (χ2n) is 25.3. The Labute approximate surface area is 492 Å². The van der Waals surface area contributed by atoms with Crippen LogP contribution >= 0.6 is 0 Å². The molecule has 0 saturated carbocycles. The van der Waals surface area contributed by atoms with E-state index >= 15 is 0 Å². The second-order valence-corrected chi connectivity index (χ2v) is 25.3. The molecule has 0 spiro atoms. The Kier molecular flexibility index (Phi) is 23.6. The summed E-state index contributed by atoms with van der Waals surface area (Å²) in [4.78, 5) is 76.0. The van der Waals surface area contributed by atoms with Crippen LogP contribution in [-0.4, -0.2) is 117 Å². The number of carboxylic acids is 1. The number of likely N-dealkylation sites (N-methyl/N-ethyl adjacent to an activating group) is 2. The van der Waals surface area contributed by atoms with Crippen molar-refractivity contribution >= 4 is 36.1 Å². The van der Waals surface area contributed by atoms with E-state index in [1.807, 2.05) is 109 Å². The fourth-order valence-corrected chi connectivity index (χ4v) is 7.45. The third kappa shape index (κ3) is 27.9. The van der Waals surface area contributed by atoms with E-state index < -0.39 is 82.9 Å². The maximum Gasteiger partial charge on any atom is 0.410 e. The molecule has 4 rings (SSSR count). The van der Waals surface area contributed by atoms with Gasteiger partial charge in [0.1, 0.15) is 47.8 Å². The minimum absolute atomic E-state index is 0.00453. The Balaban J connectivity index is -0.00000128. The van der Waals surface area contributed by atoms with Crippen LogP contribution in [0.2, 0.25) is 0 Å². The van der Waals surface area contributed by atoms with E-state index in [1.165, 1.54) is 47.4 Å². The lowest BCUT2D eigenvalue weighted by atomic mass is 9.86. The standard InChI is InChI=1S/C32H44FNO6.C20H24O3.C12H22FNO4.4H2/c1-30(2,3)24-17-15-22(16-18-24)19-26(28(36)38-21-23-13-11-10-12-14-23)39-27(35)25(20-32(7,8)33)34(9)29(37)40-31(4,5)6;1-20(2,3)17-11-9-15(10-12-17)13-18(21)19(22)23-14-16-7-5-4-6-8-16;1-11(2,3)18-10(17)14(6)8(9(15)16)7-12(4,5)13;;;;/h10-18,25-26H,19-21H2,1-9H3;4-12,18,21H,13-14H2,1-3H3;8H,7H2,1-6H3,(H,15,16);4*1H/t25-,26+;18-;8-;;;;/m010..../s1/i;;;4*1+1D. The summed E-state index contributed by atoms with van der Waals surface area (Å²) in [7, 11) is 2.64. The minimum atomic E-state index is -1.81. The highest BCUT2D eigenvalue weighted by molar-refractivity contribution is 5.85. The van der Waals surface area contributed by atoms with E-state index in [9.17, 15) is 42.7 Å². The number of hydrogen-bond donors (Lipinski definition) is 2. The first kappa shape index (κ1) is 63.3. The Morgan fingerprint density at radius 2 is 0.840 bits per heavy atom. The van der Waals surface area contributed by atoms with Gasteiger partial charge in [-0.2, -0.15) is 0 Å². The van der Waals surface area contributed by atoms with Gasteiger partial charge in [-0.25, -0.2) is 37.5 Å². The fourth-order valence-electron chi connectivity index (χ4n) is 7.45. The molecule has 0 aliphatic carbocycles. The van der Waals surface area contributed by atoms with E-state index in [2.05, 4.69) is 41.5 Å². The molecule has 0 bridgehead atoms. The van der Waals surface area contributed by atoms with Gasteiger partial charge in [0.15, 0.2) is 6.10 Å². The molecule has 17 heteroatoms. The molecular formula is C64H98F2N2O13. The van der Waals surface area contributed by atoms with E-state index in [1.54, 1.807) is 41.5 Å². The average Bonchev–Trinajstić information content (AvgIpc) is 1.70. The summed E-state index contributed by atoms with van der Waals surface area (Å²) in [6, 6.07) is 31.7. The zero-order valence-electron chi connectivity index (χ0n) is 59.0. The number of aliphatic hydroxyl groups is 1. The zero-order chi connectivity index (χ0) is 69.9. The smallest absolute Gasteiger partial charge is 0.410 e. The topological polar surface area (TPSA) is 196 Å². The molecule has 4 aromatic carbocycles. The van der Waals surface area contributed by atoms with Crippen molar-refractivity contribution in [3.05, 3.63) is 143 Å². The van der Waals surface area contributed by atoms with Crippen LogP contribution in [0.15, 0.2) is 109 Å². The average molecular weight is 1150 g/mol. The summed E-state index contributed by atoms with van der Waals surface area (Å²) in [5, 5.41) is 19.0. The highest BCUT2D eigenvalue weighted by Crippen LogP contribution is 2.27. The maximum absolute atomic E-state index is 14.8. The maximum atomic E-state index is 14.8. The molecular weight excluding hydrogens is 1040 g/mol. The lowest BCUT2D eigenvalue weighted by Gasteiger charge is -2.32. The molecule has 4 atom stereocenters. The fraction of sp³-hybridized carbons (Fsp3) is 0.531. The van der Waals surface area contributed by atoms with Crippen LogP contribution in [0.3, 0.4) is 0 Å². The van der Waals surface area contributed by atoms with Crippen LogP contribution in [0.5, 0.6) is 0 Å². The number of alkyl halides is 2. The van der Waals surface area contributed by atoms with Crippen LogP contribution in [0, 0.1) is 0 Å². The van der Waals surface area contributed by atoms with E-state index in [4.69, 9.17) is 40.7 Å². The van der Waals surface area contributed by atoms with Crippen LogP contribution in [-0.2, 0) is 79.7 Å². The molecule has 0 unspecified atom stereocenters. The largest absolute Gasteiger partial charge is 0.480 e. The van der Waals surface area contributed by atoms with Gasteiger partial charge in [0.2, 0.25) is 6.10 Å². The highest BCUT2D eigenvalue weighted by Gasteiger charge is 2.39. The number of halogens is 2. The highest BCUT2D eigenvalue weighted by atomic mass is 19.1. The molecule has 0 aliphatic rings. The first-order valence-corrected chi connectivity index (χ1v) is 27.1. The summed E-state index contributed by atoms with van der Waals surface area (Å²) in [6.07, 6.45) is -4.37. The number of amides is 2. The number of nitrogens with zero attached hydrogens (tertiary/aromatic N) is 2. The van der Waals surface area contributed by atoms with E-state index in [0.29, 0.717) is 0 Å². The van der Waals surface area contributed by atoms with Crippen LogP contribution in [0.4, 0.5) is 18.4 Å². The third-order valence-electron chi connectivity index (χ3n) is 11.9. The molecule has 0 aliphatic heterocycles. The SMILES string of the molecule is CC(C)(C)c1ccc(C[C@@H](O)C(=O)OCc2ccccc2)cc1.CN(C(=O)OC(C)(C)C)[C@@H](CC(C)(C)F)C(=O)O.CN(C(=O)OC(C)(C)C)[C@@H](CC(C)(C)F)C(=O)O[C@H](Cc1ccc(C(C)(C)C)cc1)C(=O)OCc1ccccc1.[2H][2H].[2H][2H].[2H][2H].[2H][2H]. The predicted molar refractivity (Wildman–Crippen MR) is 317 cm³/mol. The van der Waals surface area contributed by atoms with Crippen molar-refractivity contribution in [2.75, 3.05) is 14.1 Å². The molecule has 0 heterocycles. The molecule has 15 nitrogen and oxygen atoms in total. The van der Waals surface area contributed by atoms with Gasteiger partial charge < -0.3 is 33.9 Å². The molecule has 2 N–H and O–H groups in total. The van der Waals surface area contributed by atoms with Crippen molar-refractivity contribution < 1.29 is 83.3 Å². The van der Waals surface area contributed by atoms with Crippen LogP contribution in [0.25, 0.3) is 0 Å². The molecule has 456 valence electrons. The number of carboxylic acid groups (broad SMARTS) is 1. The van der Waals surface area contributed by atoms with Crippen LogP contribution < -0.4 is 0 Å². The van der Waals surface area contributed by atoms with E-state index in [0.717, 1.165) is 37.6 Å². The number of aliphatic hydroxyl groups excluding tert-OH is 1. The van der Waals surface area contributed by atoms with Crippen molar-refractivity contribution in [3.63, 3.8) is 0 Å². The lowest BCUT2D eigenvalue weighted by Crippen LogP contribution is -2.49. The Morgan fingerprint density at radius 1 is 0.494 bits per heavy atom. The Hall–Kier alpha value is -6.88. The number of benzene rings is 4. The van der Waals surface area contributed by atoms with Gasteiger partial charge in [-0.1, -0.05) is 151 Å². The Bertz CT molecular complexity index is 2640. The summed E-state index contributed by atoms with van der Waals surface area (Å²) in [5.74, 6) is -3.51. The number of aliphatic carboxylic acids is 1. The monoisotopic (exact) mass is 1150 g/mol. The normalized spacial score (nSPS) is 13.8. The summed E-state index contributed by atoms with van der Waals surface area (Å²) < 4.78 is 95.1. The van der Waals surface area contributed by atoms with E-state index in [-0.39, 0.29) is 49.7 Å². The van der Waals surface area contributed by atoms with Crippen molar-refractivity contribution in [2.24, 2.45) is 0 Å². The summed E-state index contributed by atoms with van der Waals surface area (Å²) in [5.41, 5.74) is 0.679. The van der Waals surface area contributed by atoms with Gasteiger partial charge in [0, 0.05) is 51.7 Å². The summed E-state index contributed by atoms with van der Waals surface area (Å²) >= 11 is 0. The van der Waals surface area contributed by atoms with Gasteiger partial charge >= 0.3 is 36.1 Å². The first-order chi connectivity index (χ1) is 41.0. The van der Waals surface area contributed by atoms with Crippen LogP contribution in [0.1, 0.15) is 169 Å². The second kappa shape index (κ2) is 30.3.